The average Bonchev–Trinajstić information content (AvgIpc) is 2.88. The molecule has 5 nitrogen and oxygen atoms in total. The number of rotatable bonds is 2. The Bertz CT molecular complexity index is 733. The fourth-order valence-corrected chi connectivity index (χ4v) is 1.74. The number of aromatic amines is 1. The molecule has 0 aliphatic carbocycles. The number of alkyl halides is 3. The van der Waals surface area contributed by atoms with Crippen LogP contribution in [0.4, 0.5) is 24.7 Å². The van der Waals surface area contributed by atoms with Crippen LogP contribution < -0.4 is 5.32 Å². The molecule has 0 spiro atoms. The zero-order chi connectivity index (χ0) is 14.2. The van der Waals surface area contributed by atoms with E-state index < -0.39 is 11.7 Å². The van der Waals surface area contributed by atoms with E-state index in [4.69, 9.17) is 0 Å². The van der Waals surface area contributed by atoms with Crippen molar-refractivity contribution >= 4 is 22.5 Å². The van der Waals surface area contributed by atoms with Crippen molar-refractivity contribution < 1.29 is 13.2 Å². The zero-order valence-corrected chi connectivity index (χ0v) is 9.94. The lowest BCUT2D eigenvalue weighted by molar-refractivity contribution is -0.137. The van der Waals surface area contributed by atoms with Crippen LogP contribution in [0, 0.1) is 0 Å². The van der Waals surface area contributed by atoms with Gasteiger partial charge in [-0.1, -0.05) is 0 Å². The summed E-state index contributed by atoms with van der Waals surface area (Å²) in [5, 5.41) is 10.1. The summed E-state index contributed by atoms with van der Waals surface area (Å²) in [6.45, 7) is 0. The van der Waals surface area contributed by atoms with Crippen LogP contribution in [0.25, 0.3) is 11.0 Å². The van der Waals surface area contributed by atoms with Gasteiger partial charge in [0.1, 0.15) is 12.1 Å². The summed E-state index contributed by atoms with van der Waals surface area (Å²) < 4.78 is 37.4. The highest BCUT2D eigenvalue weighted by atomic mass is 19.4. The van der Waals surface area contributed by atoms with Crippen molar-refractivity contribution in [2.75, 3.05) is 5.32 Å². The van der Waals surface area contributed by atoms with Crippen molar-refractivity contribution in [1.29, 1.82) is 0 Å². The molecule has 0 saturated heterocycles. The summed E-state index contributed by atoms with van der Waals surface area (Å²) >= 11 is 0. The molecule has 3 aromatic rings. The predicted molar refractivity (Wildman–Crippen MR) is 66.4 cm³/mol. The van der Waals surface area contributed by atoms with E-state index in [0.717, 1.165) is 12.1 Å². The number of nitrogens with one attached hydrogen (secondary N) is 2. The monoisotopic (exact) mass is 279 g/mol. The molecule has 0 bridgehead atoms. The molecule has 3 rings (SSSR count). The number of hydrogen-bond acceptors (Lipinski definition) is 4. The quantitative estimate of drug-likeness (QED) is 0.756. The summed E-state index contributed by atoms with van der Waals surface area (Å²) in [6, 6.07) is 4.71. The van der Waals surface area contributed by atoms with Gasteiger partial charge in [0.2, 0.25) is 0 Å². The van der Waals surface area contributed by atoms with Gasteiger partial charge in [0.15, 0.2) is 5.65 Å². The molecule has 0 aliphatic heterocycles. The van der Waals surface area contributed by atoms with Crippen LogP contribution in [0.2, 0.25) is 0 Å². The predicted octanol–water partition coefficient (Wildman–Crippen LogP) is 3.12. The Labute approximate surface area is 110 Å². The van der Waals surface area contributed by atoms with Crippen LogP contribution in [0.1, 0.15) is 5.56 Å². The number of H-pyrrole nitrogens is 1. The molecular weight excluding hydrogens is 271 g/mol. The molecule has 0 radical (unpaired) electrons. The van der Waals surface area contributed by atoms with Gasteiger partial charge in [0.05, 0.1) is 17.1 Å². The largest absolute Gasteiger partial charge is 0.416 e. The van der Waals surface area contributed by atoms with Crippen LogP contribution >= 0.6 is 0 Å². The Morgan fingerprint density at radius 3 is 2.50 bits per heavy atom. The van der Waals surface area contributed by atoms with E-state index in [-0.39, 0.29) is 0 Å². The summed E-state index contributed by atoms with van der Waals surface area (Å²) in [6.07, 6.45) is -1.46. The molecule has 0 fully saturated rings. The average molecular weight is 279 g/mol. The molecule has 1 aromatic carbocycles. The van der Waals surface area contributed by atoms with Crippen molar-refractivity contribution in [2.45, 2.75) is 6.18 Å². The number of aromatic nitrogens is 4. The van der Waals surface area contributed by atoms with Gasteiger partial charge < -0.3 is 5.32 Å². The second-order valence-corrected chi connectivity index (χ2v) is 4.05. The van der Waals surface area contributed by atoms with Gasteiger partial charge in [-0.05, 0) is 24.3 Å². The van der Waals surface area contributed by atoms with E-state index in [9.17, 15) is 13.2 Å². The first kappa shape index (κ1) is 12.4. The first-order valence-corrected chi connectivity index (χ1v) is 5.62. The van der Waals surface area contributed by atoms with Gasteiger partial charge in [0, 0.05) is 5.69 Å². The number of fused-ring (bicyclic) bond motifs is 1. The topological polar surface area (TPSA) is 66.5 Å². The Morgan fingerprint density at radius 2 is 1.80 bits per heavy atom. The highest BCUT2D eigenvalue weighted by Crippen LogP contribution is 2.30. The number of benzene rings is 1. The molecule has 2 aromatic heterocycles. The molecule has 20 heavy (non-hydrogen) atoms. The van der Waals surface area contributed by atoms with Gasteiger partial charge in [0.25, 0.3) is 0 Å². The number of hydrogen-bond donors (Lipinski definition) is 2. The van der Waals surface area contributed by atoms with Gasteiger partial charge in [-0.3, -0.25) is 5.10 Å². The van der Waals surface area contributed by atoms with E-state index in [1.54, 1.807) is 6.20 Å². The molecule has 2 N–H and O–H groups in total. The fraction of sp³-hybridized carbons (Fsp3) is 0.0833. The third-order valence-corrected chi connectivity index (χ3v) is 2.72. The standard InChI is InChI=1S/C12H8F3N5/c13-12(14,15)7-1-3-8(4-2-7)19-10-9-5-18-20-11(9)17-6-16-10/h1-6H,(H2,16,17,18,19,20). The SMILES string of the molecule is FC(F)(F)c1ccc(Nc2ncnc3[nH]ncc23)cc1. The van der Waals surface area contributed by atoms with Gasteiger partial charge >= 0.3 is 6.18 Å². The van der Waals surface area contributed by atoms with E-state index in [1.165, 1.54) is 18.5 Å². The van der Waals surface area contributed by atoms with E-state index in [2.05, 4.69) is 25.5 Å². The third-order valence-electron chi connectivity index (χ3n) is 2.72. The highest BCUT2D eigenvalue weighted by molar-refractivity contribution is 5.87. The van der Waals surface area contributed by atoms with Gasteiger partial charge in [-0.15, -0.1) is 0 Å². The summed E-state index contributed by atoms with van der Waals surface area (Å²) in [5.74, 6) is 0.475. The fourth-order valence-electron chi connectivity index (χ4n) is 1.74. The maximum atomic E-state index is 12.5. The Kier molecular flexibility index (Phi) is 2.78. The smallest absolute Gasteiger partial charge is 0.340 e. The van der Waals surface area contributed by atoms with Crippen molar-refractivity contribution in [3.8, 4) is 0 Å². The van der Waals surface area contributed by atoms with Crippen LogP contribution in [0.15, 0.2) is 36.8 Å². The molecule has 0 unspecified atom stereocenters. The van der Waals surface area contributed by atoms with E-state index >= 15 is 0 Å². The van der Waals surface area contributed by atoms with Crippen LogP contribution in [-0.4, -0.2) is 20.2 Å². The maximum absolute atomic E-state index is 12.5. The molecular formula is C12H8F3N5. The van der Waals surface area contributed by atoms with Crippen LogP contribution in [0.3, 0.4) is 0 Å². The molecule has 102 valence electrons. The third kappa shape index (κ3) is 2.27. The van der Waals surface area contributed by atoms with Gasteiger partial charge in [-0.25, -0.2) is 9.97 Å². The Hall–Kier alpha value is -2.64. The minimum atomic E-state index is -4.34. The lowest BCUT2D eigenvalue weighted by Gasteiger charge is -2.09. The second kappa shape index (κ2) is 4.48. The first-order valence-electron chi connectivity index (χ1n) is 5.62. The van der Waals surface area contributed by atoms with Crippen molar-refractivity contribution in [3.63, 3.8) is 0 Å². The Morgan fingerprint density at radius 1 is 1.05 bits per heavy atom. The lowest BCUT2D eigenvalue weighted by atomic mass is 10.2. The minimum Gasteiger partial charge on any atom is -0.340 e. The minimum absolute atomic E-state index is 0.475. The lowest BCUT2D eigenvalue weighted by Crippen LogP contribution is -2.04. The van der Waals surface area contributed by atoms with Gasteiger partial charge in [-0.2, -0.15) is 18.3 Å². The molecule has 0 aliphatic rings. The Balaban J connectivity index is 1.90. The van der Waals surface area contributed by atoms with Crippen molar-refractivity contribution in [3.05, 3.63) is 42.4 Å². The number of anilines is 2. The number of halogens is 3. The van der Waals surface area contributed by atoms with Crippen molar-refractivity contribution in [1.82, 2.24) is 20.2 Å². The van der Waals surface area contributed by atoms with Crippen LogP contribution in [0.5, 0.6) is 0 Å². The molecule has 0 atom stereocenters. The first-order chi connectivity index (χ1) is 9.54. The highest BCUT2D eigenvalue weighted by Gasteiger charge is 2.29. The van der Waals surface area contributed by atoms with E-state index in [1.807, 2.05) is 0 Å². The number of nitrogens with zero attached hydrogens (tertiary/aromatic N) is 3. The molecule has 8 heteroatoms. The zero-order valence-electron chi connectivity index (χ0n) is 9.94. The van der Waals surface area contributed by atoms with Crippen LogP contribution in [-0.2, 0) is 6.18 Å². The summed E-state index contributed by atoms with van der Waals surface area (Å²) in [5.41, 5.74) is 0.354. The molecule has 2 heterocycles. The normalized spacial score (nSPS) is 11.8. The maximum Gasteiger partial charge on any atom is 0.416 e. The summed E-state index contributed by atoms with van der Waals surface area (Å²) in [4.78, 5) is 8.01. The second-order valence-electron chi connectivity index (χ2n) is 4.05. The summed E-state index contributed by atoms with van der Waals surface area (Å²) in [7, 11) is 0. The molecule has 0 saturated carbocycles. The molecule has 0 amide bonds. The van der Waals surface area contributed by atoms with E-state index in [0.29, 0.717) is 22.5 Å². The van der Waals surface area contributed by atoms with Crippen molar-refractivity contribution in [2.24, 2.45) is 0 Å².